The number of nitro groups is 1. The van der Waals surface area contributed by atoms with Crippen molar-refractivity contribution in [2.45, 2.75) is 6.92 Å². The molecule has 0 radical (unpaired) electrons. The van der Waals surface area contributed by atoms with Crippen LogP contribution in [0.2, 0.25) is 0 Å². The van der Waals surface area contributed by atoms with Gasteiger partial charge in [0.2, 0.25) is 5.91 Å². The maximum Gasteiger partial charge on any atom is 0.269 e. The Hall–Kier alpha value is -3.09. The second-order valence-corrected chi connectivity index (χ2v) is 4.66. The lowest BCUT2D eigenvalue weighted by Crippen LogP contribution is -2.21. The number of carbonyl (C=O) groups excluding carboxylic acids is 1. The topological polar surface area (TPSA) is 93.5 Å². The zero-order valence-electron chi connectivity index (χ0n) is 12.6. The smallest absolute Gasteiger partial charge is 0.269 e. The quantitative estimate of drug-likeness (QED) is 0.605. The Bertz CT molecular complexity index is 669. The van der Waals surface area contributed by atoms with Crippen LogP contribution in [0.25, 0.3) is 0 Å². The van der Waals surface area contributed by atoms with E-state index >= 15 is 0 Å². The summed E-state index contributed by atoms with van der Waals surface area (Å²) in [7, 11) is 0. The Balaban J connectivity index is 1.83. The Morgan fingerprint density at radius 2 is 1.70 bits per heavy atom. The van der Waals surface area contributed by atoms with Crippen molar-refractivity contribution in [1.29, 1.82) is 0 Å². The highest BCUT2D eigenvalue weighted by molar-refractivity contribution is 5.93. The number of anilines is 2. The summed E-state index contributed by atoms with van der Waals surface area (Å²) < 4.78 is 5.32. The van der Waals surface area contributed by atoms with Gasteiger partial charge in [0.05, 0.1) is 18.1 Å². The molecular weight excluding hydrogens is 298 g/mol. The first kappa shape index (κ1) is 16.3. The van der Waals surface area contributed by atoms with Crippen LogP contribution in [0, 0.1) is 10.1 Å². The standard InChI is InChI=1S/C16H17N3O4/c1-2-23-15-9-5-13(6-10-15)18-16(20)11-17-12-3-7-14(8-4-12)19(21)22/h3-10,17H,2,11H2,1H3,(H,18,20). The first-order valence-electron chi connectivity index (χ1n) is 7.09. The molecule has 0 saturated heterocycles. The number of nitro benzene ring substituents is 1. The number of benzene rings is 2. The molecule has 2 N–H and O–H groups in total. The first-order valence-corrected chi connectivity index (χ1v) is 7.09. The number of rotatable bonds is 7. The van der Waals surface area contributed by atoms with Crippen LogP contribution < -0.4 is 15.4 Å². The van der Waals surface area contributed by atoms with E-state index in [2.05, 4.69) is 10.6 Å². The minimum Gasteiger partial charge on any atom is -0.494 e. The van der Waals surface area contributed by atoms with Gasteiger partial charge in [0.25, 0.3) is 5.69 Å². The van der Waals surface area contributed by atoms with Gasteiger partial charge in [-0.2, -0.15) is 0 Å². The van der Waals surface area contributed by atoms with Crippen LogP contribution in [-0.4, -0.2) is 24.0 Å². The van der Waals surface area contributed by atoms with Crippen LogP contribution in [0.1, 0.15) is 6.92 Å². The molecule has 7 heteroatoms. The van der Waals surface area contributed by atoms with Crippen molar-refractivity contribution < 1.29 is 14.5 Å². The van der Waals surface area contributed by atoms with Gasteiger partial charge in [-0.05, 0) is 43.3 Å². The number of nitrogens with zero attached hydrogens (tertiary/aromatic N) is 1. The Kier molecular flexibility index (Phi) is 5.51. The molecule has 0 aliphatic heterocycles. The average Bonchev–Trinajstić information content (AvgIpc) is 2.55. The summed E-state index contributed by atoms with van der Waals surface area (Å²) in [5.41, 5.74) is 1.32. The van der Waals surface area contributed by atoms with Crippen molar-refractivity contribution in [3.05, 3.63) is 58.6 Å². The highest BCUT2D eigenvalue weighted by Crippen LogP contribution is 2.16. The van der Waals surface area contributed by atoms with Crippen LogP contribution in [0.15, 0.2) is 48.5 Å². The van der Waals surface area contributed by atoms with E-state index < -0.39 is 4.92 Å². The fourth-order valence-corrected chi connectivity index (χ4v) is 1.89. The predicted octanol–water partition coefficient (Wildman–Crippen LogP) is 3.04. The molecule has 2 aromatic rings. The molecule has 0 spiro atoms. The summed E-state index contributed by atoms with van der Waals surface area (Å²) in [5.74, 6) is 0.530. The van der Waals surface area contributed by atoms with E-state index in [4.69, 9.17) is 4.74 Å². The Morgan fingerprint density at radius 1 is 1.09 bits per heavy atom. The third kappa shape index (κ3) is 4.99. The highest BCUT2D eigenvalue weighted by Gasteiger charge is 2.06. The average molecular weight is 315 g/mol. The van der Waals surface area contributed by atoms with Gasteiger partial charge in [0.1, 0.15) is 5.75 Å². The molecule has 0 aromatic heterocycles. The largest absolute Gasteiger partial charge is 0.494 e. The lowest BCUT2D eigenvalue weighted by molar-refractivity contribution is -0.384. The fraction of sp³-hybridized carbons (Fsp3) is 0.188. The predicted molar refractivity (Wildman–Crippen MR) is 87.8 cm³/mol. The summed E-state index contributed by atoms with van der Waals surface area (Å²) in [6, 6.07) is 13.0. The lowest BCUT2D eigenvalue weighted by atomic mass is 10.3. The number of carbonyl (C=O) groups is 1. The molecule has 0 aliphatic rings. The molecule has 0 bridgehead atoms. The summed E-state index contributed by atoms with van der Waals surface area (Å²) in [6.45, 7) is 2.55. The van der Waals surface area contributed by atoms with Gasteiger partial charge in [-0.25, -0.2) is 0 Å². The van der Waals surface area contributed by atoms with E-state index in [0.717, 1.165) is 5.75 Å². The van der Waals surface area contributed by atoms with Crippen LogP contribution in [-0.2, 0) is 4.79 Å². The summed E-state index contributed by atoms with van der Waals surface area (Å²) in [6.07, 6.45) is 0. The van der Waals surface area contributed by atoms with Gasteiger partial charge < -0.3 is 15.4 Å². The number of nitrogens with one attached hydrogen (secondary N) is 2. The monoisotopic (exact) mass is 315 g/mol. The maximum absolute atomic E-state index is 11.9. The van der Waals surface area contributed by atoms with Gasteiger partial charge in [-0.3, -0.25) is 14.9 Å². The van der Waals surface area contributed by atoms with E-state index in [-0.39, 0.29) is 18.1 Å². The third-order valence-corrected chi connectivity index (χ3v) is 2.98. The molecular formula is C16H17N3O4. The molecule has 0 fully saturated rings. The minimum absolute atomic E-state index is 0.00869. The van der Waals surface area contributed by atoms with Crippen molar-refractivity contribution in [1.82, 2.24) is 0 Å². The molecule has 1 amide bonds. The van der Waals surface area contributed by atoms with Crippen molar-refractivity contribution in [3.63, 3.8) is 0 Å². The molecule has 0 heterocycles. The zero-order valence-corrected chi connectivity index (χ0v) is 12.6. The number of hydrogen-bond donors (Lipinski definition) is 2. The Morgan fingerprint density at radius 3 is 2.26 bits per heavy atom. The van der Waals surface area contributed by atoms with Crippen molar-refractivity contribution >= 4 is 23.0 Å². The molecule has 0 atom stereocenters. The van der Waals surface area contributed by atoms with Crippen LogP contribution in [0.4, 0.5) is 17.1 Å². The lowest BCUT2D eigenvalue weighted by Gasteiger charge is -2.08. The third-order valence-electron chi connectivity index (χ3n) is 2.98. The van der Waals surface area contributed by atoms with Crippen LogP contribution in [0.5, 0.6) is 5.75 Å². The van der Waals surface area contributed by atoms with Gasteiger partial charge in [-0.1, -0.05) is 0 Å². The molecule has 2 aromatic carbocycles. The van der Waals surface area contributed by atoms with E-state index in [0.29, 0.717) is 18.0 Å². The molecule has 0 aliphatic carbocycles. The molecule has 0 saturated carbocycles. The number of amides is 1. The highest BCUT2D eigenvalue weighted by atomic mass is 16.6. The normalized spacial score (nSPS) is 9.96. The number of ether oxygens (including phenoxy) is 1. The maximum atomic E-state index is 11.9. The van der Waals surface area contributed by atoms with Crippen LogP contribution >= 0.6 is 0 Å². The Labute approximate surface area is 133 Å². The molecule has 2 rings (SSSR count). The zero-order chi connectivity index (χ0) is 16.7. The van der Waals surface area contributed by atoms with E-state index in [9.17, 15) is 14.9 Å². The molecule has 0 unspecified atom stereocenters. The van der Waals surface area contributed by atoms with E-state index in [1.54, 1.807) is 36.4 Å². The second-order valence-electron chi connectivity index (χ2n) is 4.66. The van der Waals surface area contributed by atoms with Gasteiger partial charge in [0, 0.05) is 23.5 Å². The summed E-state index contributed by atoms with van der Waals surface area (Å²) in [4.78, 5) is 21.9. The molecule has 7 nitrogen and oxygen atoms in total. The first-order chi connectivity index (χ1) is 11.1. The molecule has 23 heavy (non-hydrogen) atoms. The van der Waals surface area contributed by atoms with Gasteiger partial charge >= 0.3 is 0 Å². The van der Waals surface area contributed by atoms with Gasteiger partial charge in [0.15, 0.2) is 0 Å². The minimum atomic E-state index is -0.470. The van der Waals surface area contributed by atoms with E-state index in [1.807, 2.05) is 6.92 Å². The summed E-state index contributed by atoms with van der Waals surface area (Å²) in [5, 5.41) is 16.2. The van der Waals surface area contributed by atoms with Crippen molar-refractivity contribution in [3.8, 4) is 5.75 Å². The van der Waals surface area contributed by atoms with Crippen LogP contribution in [0.3, 0.4) is 0 Å². The fourth-order valence-electron chi connectivity index (χ4n) is 1.89. The summed E-state index contributed by atoms with van der Waals surface area (Å²) >= 11 is 0. The molecule has 120 valence electrons. The van der Waals surface area contributed by atoms with Crippen molar-refractivity contribution in [2.75, 3.05) is 23.8 Å². The number of non-ortho nitro benzene ring substituents is 1. The SMILES string of the molecule is CCOc1ccc(NC(=O)CNc2ccc([N+](=O)[O-])cc2)cc1. The second kappa shape index (κ2) is 7.79. The van der Waals surface area contributed by atoms with Crippen molar-refractivity contribution in [2.24, 2.45) is 0 Å². The van der Waals surface area contributed by atoms with Gasteiger partial charge in [-0.15, -0.1) is 0 Å². The van der Waals surface area contributed by atoms with E-state index in [1.165, 1.54) is 12.1 Å². The number of hydrogen-bond acceptors (Lipinski definition) is 5.